The Hall–Kier alpha value is -1.77. The molecule has 3 nitrogen and oxygen atoms in total. The third kappa shape index (κ3) is 3.12. The molecular weight excluding hydrogens is 262 g/mol. The van der Waals surface area contributed by atoms with Crippen LogP contribution in [-0.4, -0.2) is 12.1 Å². The molecule has 0 fully saturated rings. The first-order valence-corrected chi connectivity index (χ1v) is 7.27. The molecule has 114 valence electrons. The van der Waals surface area contributed by atoms with Gasteiger partial charge in [-0.05, 0) is 34.1 Å². The molecule has 1 heterocycles. The quantitative estimate of drug-likeness (QED) is 0.784. The molecule has 0 saturated carbocycles. The summed E-state index contributed by atoms with van der Waals surface area (Å²) in [6, 6.07) is 4.28. The minimum atomic E-state index is 0.0379. The van der Waals surface area contributed by atoms with Crippen molar-refractivity contribution in [2.24, 2.45) is 0 Å². The Morgan fingerprint density at radius 1 is 0.952 bits per heavy atom. The first kappa shape index (κ1) is 15.6. The number of hydrogen-bond donors (Lipinski definition) is 0. The minimum absolute atomic E-state index is 0.0379. The van der Waals surface area contributed by atoms with Crippen LogP contribution in [0.5, 0.6) is 5.75 Å². The SMILES string of the molecule is COc1cc(C(C)(C)C)c(C(C)(C)C)cc1-c1ncco1. The summed E-state index contributed by atoms with van der Waals surface area (Å²) < 4.78 is 11.0. The number of hydrogen-bond acceptors (Lipinski definition) is 3. The normalized spacial score (nSPS) is 12.5. The molecule has 0 radical (unpaired) electrons. The summed E-state index contributed by atoms with van der Waals surface area (Å²) >= 11 is 0. The second-order valence-electron chi connectivity index (χ2n) is 7.44. The van der Waals surface area contributed by atoms with E-state index < -0.39 is 0 Å². The molecule has 2 aromatic rings. The third-order valence-corrected chi connectivity index (χ3v) is 3.62. The standard InChI is InChI=1S/C18H25NO2/c1-17(2,3)13-10-12(16-19-8-9-21-16)15(20-7)11-14(13)18(4,5)6/h8-11H,1-7H3. The smallest absolute Gasteiger partial charge is 0.229 e. The van der Waals surface area contributed by atoms with Crippen molar-refractivity contribution < 1.29 is 9.15 Å². The number of nitrogens with zero attached hydrogens (tertiary/aromatic N) is 1. The first-order valence-electron chi connectivity index (χ1n) is 7.27. The number of methoxy groups -OCH3 is 1. The number of rotatable bonds is 2. The van der Waals surface area contributed by atoms with E-state index in [1.54, 1.807) is 19.6 Å². The zero-order chi connectivity index (χ0) is 15.8. The Balaban J connectivity index is 2.76. The molecule has 2 rings (SSSR count). The highest BCUT2D eigenvalue weighted by molar-refractivity contribution is 5.66. The monoisotopic (exact) mass is 287 g/mol. The van der Waals surface area contributed by atoms with Crippen LogP contribution in [0.4, 0.5) is 0 Å². The Kier molecular flexibility index (Phi) is 3.87. The van der Waals surface area contributed by atoms with Crippen LogP contribution in [0.15, 0.2) is 29.0 Å². The van der Waals surface area contributed by atoms with Crippen molar-refractivity contribution in [2.75, 3.05) is 7.11 Å². The average Bonchev–Trinajstić information content (AvgIpc) is 2.88. The number of aromatic nitrogens is 1. The maximum absolute atomic E-state index is 5.57. The molecule has 0 spiro atoms. The average molecular weight is 287 g/mol. The highest BCUT2D eigenvalue weighted by Crippen LogP contribution is 2.41. The van der Waals surface area contributed by atoms with Crippen LogP contribution in [0.3, 0.4) is 0 Å². The van der Waals surface area contributed by atoms with E-state index in [0.29, 0.717) is 5.89 Å². The second-order valence-corrected chi connectivity index (χ2v) is 7.44. The molecule has 21 heavy (non-hydrogen) atoms. The van der Waals surface area contributed by atoms with E-state index in [1.165, 1.54) is 11.1 Å². The van der Waals surface area contributed by atoms with Gasteiger partial charge in [-0.2, -0.15) is 0 Å². The lowest BCUT2D eigenvalue weighted by Gasteiger charge is -2.31. The Morgan fingerprint density at radius 2 is 1.52 bits per heavy atom. The van der Waals surface area contributed by atoms with E-state index in [0.717, 1.165) is 11.3 Å². The van der Waals surface area contributed by atoms with Gasteiger partial charge in [-0.15, -0.1) is 0 Å². The molecule has 0 bridgehead atoms. The summed E-state index contributed by atoms with van der Waals surface area (Å²) in [4.78, 5) is 4.26. The Morgan fingerprint density at radius 3 is 1.95 bits per heavy atom. The highest BCUT2D eigenvalue weighted by Gasteiger charge is 2.28. The Bertz CT molecular complexity index is 614. The summed E-state index contributed by atoms with van der Waals surface area (Å²) in [6.45, 7) is 13.3. The van der Waals surface area contributed by atoms with Gasteiger partial charge in [0.05, 0.1) is 18.9 Å². The van der Waals surface area contributed by atoms with Crippen molar-refractivity contribution in [1.29, 1.82) is 0 Å². The van der Waals surface area contributed by atoms with Gasteiger partial charge >= 0.3 is 0 Å². The summed E-state index contributed by atoms with van der Waals surface area (Å²) in [5, 5.41) is 0. The van der Waals surface area contributed by atoms with Crippen LogP contribution in [0, 0.1) is 0 Å². The van der Waals surface area contributed by atoms with Gasteiger partial charge in [0, 0.05) is 0 Å². The van der Waals surface area contributed by atoms with Crippen LogP contribution in [-0.2, 0) is 10.8 Å². The fraction of sp³-hybridized carbons (Fsp3) is 0.500. The van der Waals surface area contributed by atoms with Crippen molar-refractivity contribution >= 4 is 0 Å². The van der Waals surface area contributed by atoms with E-state index in [2.05, 4.69) is 58.7 Å². The largest absolute Gasteiger partial charge is 0.496 e. The van der Waals surface area contributed by atoms with E-state index >= 15 is 0 Å². The molecule has 0 N–H and O–H groups in total. The predicted octanol–water partition coefficient (Wildman–Crippen LogP) is 4.95. The molecule has 0 aliphatic heterocycles. The van der Waals surface area contributed by atoms with Crippen LogP contribution in [0.1, 0.15) is 52.7 Å². The van der Waals surface area contributed by atoms with Crippen molar-refractivity contribution in [1.82, 2.24) is 4.98 Å². The predicted molar refractivity (Wildman–Crippen MR) is 85.9 cm³/mol. The fourth-order valence-corrected chi connectivity index (χ4v) is 2.51. The highest BCUT2D eigenvalue weighted by atomic mass is 16.5. The van der Waals surface area contributed by atoms with Crippen molar-refractivity contribution in [3.63, 3.8) is 0 Å². The molecule has 1 aromatic heterocycles. The van der Waals surface area contributed by atoms with Gasteiger partial charge in [-0.1, -0.05) is 41.5 Å². The lowest BCUT2D eigenvalue weighted by atomic mass is 9.74. The molecule has 0 amide bonds. The number of oxazole rings is 1. The van der Waals surface area contributed by atoms with Gasteiger partial charge in [0.25, 0.3) is 0 Å². The van der Waals surface area contributed by atoms with Gasteiger partial charge in [0.2, 0.25) is 5.89 Å². The van der Waals surface area contributed by atoms with E-state index in [4.69, 9.17) is 9.15 Å². The van der Waals surface area contributed by atoms with E-state index in [-0.39, 0.29) is 10.8 Å². The van der Waals surface area contributed by atoms with Gasteiger partial charge in [-0.25, -0.2) is 4.98 Å². The van der Waals surface area contributed by atoms with Gasteiger partial charge < -0.3 is 9.15 Å². The molecule has 3 heteroatoms. The van der Waals surface area contributed by atoms with E-state index in [9.17, 15) is 0 Å². The zero-order valence-corrected chi connectivity index (χ0v) is 14.1. The first-order chi connectivity index (χ1) is 9.64. The van der Waals surface area contributed by atoms with Crippen LogP contribution in [0.25, 0.3) is 11.5 Å². The Labute approximate surface area is 127 Å². The molecule has 1 aromatic carbocycles. The van der Waals surface area contributed by atoms with Crippen LogP contribution < -0.4 is 4.74 Å². The summed E-state index contributed by atoms with van der Waals surface area (Å²) in [7, 11) is 1.69. The summed E-state index contributed by atoms with van der Waals surface area (Å²) in [5.41, 5.74) is 3.58. The molecule has 0 unspecified atom stereocenters. The second kappa shape index (κ2) is 5.21. The lowest BCUT2D eigenvalue weighted by Crippen LogP contribution is -2.22. The zero-order valence-electron chi connectivity index (χ0n) is 14.1. The van der Waals surface area contributed by atoms with Crippen molar-refractivity contribution in [3.8, 4) is 17.2 Å². The summed E-state index contributed by atoms with van der Waals surface area (Å²) in [5.74, 6) is 1.40. The van der Waals surface area contributed by atoms with Crippen molar-refractivity contribution in [2.45, 2.75) is 52.4 Å². The van der Waals surface area contributed by atoms with Gasteiger partial charge in [0.1, 0.15) is 12.0 Å². The van der Waals surface area contributed by atoms with Crippen LogP contribution >= 0.6 is 0 Å². The number of benzene rings is 1. The fourth-order valence-electron chi connectivity index (χ4n) is 2.51. The maximum atomic E-state index is 5.57. The third-order valence-electron chi connectivity index (χ3n) is 3.62. The topological polar surface area (TPSA) is 35.3 Å². The van der Waals surface area contributed by atoms with Gasteiger partial charge in [0.15, 0.2) is 0 Å². The molecule has 0 saturated heterocycles. The van der Waals surface area contributed by atoms with Crippen LogP contribution in [0.2, 0.25) is 0 Å². The van der Waals surface area contributed by atoms with Gasteiger partial charge in [-0.3, -0.25) is 0 Å². The number of ether oxygens (including phenoxy) is 1. The molecule has 0 atom stereocenters. The molecule has 0 aliphatic carbocycles. The lowest BCUT2D eigenvalue weighted by molar-refractivity contribution is 0.410. The minimum Gasteiger partial charge on any atom is -0.496 e. The maximum Gasteiger partial charge on any atom is 0.229 e. The molecule has 0 aliphatic rings. The summed E-state index contributed by atoms with van der Waals surface area (Å²) in [6.07, 6.45) is 3.24. The van der Waals surface area contributed by atoms with Crippen molar-refractivity contribution in [3.05, 3.63) is 35.7 Å². The molecular formula is C18H25NO2. The van der Waals surface area contributed by atoms with E-state index in [1.807, 2.05) is 0 Å².